The maximum atomic E-state index is 13.0. The number of halogens is 1. The first-order chi connectivity index (χ1) is 10.9. The van der Waals surface area contributed by atoms with Gasteiger partial charge >= 0.3 is 0 Å². The van der Waals surface area contributed by atoms with Crippen molar-refractivity contribution >= 4 is 11.8 Å². The zero-order valence-electron chi connectivity index (χ0n) is 13.5. The summed E-state index contributed by atoms with van der Waals surface area (Å²) in [5.74, 6) is -0.432. The molecule has 0 aromatic heterocycles. The smallest absolute Gasteiger partial charge is 0.245 e. The summed E-state index contributed by atoms with van der Waals surface area (Å²) in [5, 5.41) is 13.0. The Labute approximate surface area is 135 Å². The third-order valence-corrected chi connectivity index (χ3v) is 3.84. The van der Waals surface area contributed by atoms with E-state index in [9.17, 15) is 19.1 Å². The second-order valence-electron chi connectivity index (χ2n) is 6.36. The van der Waals surface area contributed by atoms with E-state index in [-0.39, 0.29) is 30.1 Å². The first-order valence-electron chi connectivity index (χ1n) is 7.88. The van der Waals surface area contributed by atoms with E-state index in [4.69, 9.17) is 0 Å². The number of nitrogens with one attached hydrogen (secondary N) is 1. The standard InChI is InChI=1S/C17H23FN2O3/c1-11(2)9-20(17(23)14-7-8-16(22)19-14)10-15(21)12-3-5-13(18)6-4-12/h3-6,11,14-15,21H,7-10H2,1-2H3,(H,19,22)/t14-,15-/m0/s1. The van der Waals surface area contributed by atoms with Crippen LogP contribution in [-0.4, -0.2) is 41.0 Å². The minimum atomic E-state index is -0.893. The van der Waals surface area contributed by atoms with Crippen LogP contribution in [0.5, 0.6) is 0 Å². The molecule has 126 valence electrons. The van der Waals surface area contributed by atoms with Gasteiger partial charge in [0.1, 0.15) is 11.9 Å². The van der Waals surface area contributed by atoms with E-state index in [1.807, 2.05) is 13.8 Å². The van der Waals surface area contributed by atoms with Gasteiger partial charge in [-0.25, -0.2) is 4.39 Å². The monoisotopic (exact) mass is 322 g/mol. The fourth-order valence-electron chi connectivity index (χ4n) is 2.71. The molecule has 2 rings (SSSR count). The van der Waals surface area contributed by atoms with Crippen LogP contribution in [0.2, 0.25) is 0 Å². The van der Waals surface area contributed by atoms with Crippen LogP contribution in [0, 0.1) is 11.7 Å². The van der Waals surface area contributed by atoms with Crippen molar-refractivity contribution in [1.29, 1.82) is 0 Å². The fraction of sp³-hybridized carbons (Fsp3) is 0.529. The van der Waals surface area contributed by atoms with Crippen LogP contribution in [0.1, 0.15) is 38.4 Å². The highest BCUT2D eigenvalue weighted by molar-refractivity contribution is 5.90. The molecule has 1 aromatic carbocycles. The molecule has 23 heavy (non-hydrogen) atoms. The zero-order valence-corrected chi connectivity index (χ0v) is 13.5. The number of hydrogen-bond acceptors (Lipinski definition) is 3. The van der Waals surface area contributed by atoms with E-state index in [1.165, 1.54) is 24.3 Å². The number of aliphatic hydroxyl groups excluding tert-OH is 1. The normalized spacial score (nSPS) is 18.8. The Morgan fingerprint density at radius 1 is 1.35 bits per heavy atom. The molecule has 1 fully saturated rings. The average molecular weight is 322 g/mol. The lowest BCUT2D eigenvalue weighted by atomic mass is 10.1. The van der Waals surface area contributed by atoms with Crippen LogP contribution in [0.4, 0.5) is 4.39 Å². The van der Waals surface area contributed by atoms with Gasteiger partial charge in [0.25, 0.3) is 0 Å². The molecule has 0 spiro atoms. The topological polar surface area (TPSA) is 69.6 Å². The van der Waals surface area contributed by atoms with E-state index < -0.39 is 12.1 Å². The molecular weight excluding hydrogens is 299 g/mol. The van der Waals surface area contributed by atoms with Crippen LogP contribution in [-0.2, 0) is 9.59 Å². The molecule has 0 radical (unpaired) electrons. The van der Waals surface area contributed by atoms with Crippen molar-refractivity contribution in [2.45, 2.75) is 38.8 Å². The van der Waals surface area contributed by atoms with E-state index in [1.54, 1.807) is 4.90 Å². The maximum absolute atomic E-state index is 13.0. The van der Waals surface area contributed by atoms with Crippen molar-refractivity contribution in [1.82, 2.24) is 10.2 Å². The van der Waals surface area contributed by atoms with Gasteiger partial charge in [-0.15, -0.1) is 0 Å². The Balaban J connectivity index is 2.06. The third-order valence-electron chi connectivity index (χ3n) is 3.84. The summed E-state index contributed by atoms with van der Waals surface area (Å²) in [6, 6.07) is 5.07. The lowest BCUT2D eigenvalue weighted by Gasteiger charge is -2.29. The highest BCUT2D eigenvalue weighted by Crippen LogP contribution is 2.18. The number of nitrogens with zero attached hydrogens (tertiary/aromatic N) is 1. The number of hydrogen-bond donors (Lipinski definition) is 2. The van der Waals surface area contributed by atoms with Gasteiger partial charge < -0.3 is 15.3 Å². The maximum Gasteiger partial charge on any atom is 0.245 e. The molecule has 6 heteroatoms. The molecule has 0 unspecified atom stereocenters. The summed E-state index contributed by atoms with van der Waals surface area (Å²) in [6.45, 7) is 4.58. The molecule has 2 N–H and O–H groups in total. The van der Waals surface area contributed by atoms with Gasteiger partial charge in [0.05, 0.1) is 12.6 Å². The summed E-state index contributed by atoms with van der Waals surface area (Å²) < 4.78 is 13.0. The minimum absolute atomic E-state index is 0.119. The lowest BCUT2D eigenvalue weighted by Crippen LogP contribution is -2.47. The van der Waals surface area contributed by atoms with Crippen molar-refractivity contribution in [3.05, 3.63) is 35.6 Å². The van der Waals surface area contributed by atoms with Crippen LogP contribution in [0.25, 0.3) is 0 Å². The van der Waals surface area contributed by atoms with Gasteiger partial charge in [0.2, 0.25) is 11.8 Å². The number of benzene rings is 1. The molecular formula is C17H23FN2O3. The van der Waals surface area contributed by atoms with Gasteiger partial charge in [-0.05, 0) is 30.0 Å². The second-order valence-corrected chi connectivity index (χ2v) is 6.36. The van der Waals surface area contributed by atoms with E-state index in [2.05, 4.69) is 5.32 Å². The highest BCUT2D eigenvalue weighted by Gasteiger charge is 2.31. The van der Waals surface area contributed by atoms with Gasteiger partial charge in [-0.2, -0.15) is 0 Å². The Bertz CT molecular complexity index is 559. The highest BCUT2D eigenvalue weighted by atomic mass is 19.1. The summed E-state index contributed by atoms with van der Waals surface area (Å²) >= 11 is 0. The summed E-state index contributed by atoms with van der Waals surface area (Å²) in [7, 11) is 0. The minimum Gasteiger partial charge on any atom is -0.387 e. The third kappa shape index (κ3) is 4.76. The first-order valence-corrected chi connectivity index (χ1v) is 7.88. The molecule has 0 aliphatic carbocycles. The average Bonchev–Trinajstić information content (AvgIpc) is 2.92. The summed E-state index contributed by atoms with van der Waals surface area (Å²) in [4.78, 5) is 25.5. The molecule has 1 saturated heterocycles. The number of carbonyl (C=O) groups is 2. The Hall–Kier alpha value is -1.95. The molecule has 5 nitrogen and oxygen atoms in total. The molecule has 1 heterocycles. The quantitative estimate of drug-likeness (QED) is 0.836. The Morgan fingerprint density at radius 3 is 2.52 bits per heavy atom. The fourth-order valence-corrected chi connectivity index (χ4v) is 2.71. The predicted molar refractivity (Wildman–Crippen MR) is 83.9 cm³/mol. The van der Waals surface area contributed by atoms with Crippen molar-refractivity contribution < 1.29 is 19.1 Å². The van der Waals surface area contributed by atoms with Crippen LogP contribution in [0.15, 0.2) is 24.3 Å². The van der Waals surface area contributed by atoms with Gasteiger partial charge in [-0.3, -0.25) is 9.59 Å². The zero-order chi connectivity index (χ0) is 17.0. The molecule has 1 aromatic rings. The van der Waals surface area contributed by atoms with Gasteiger partial charge in [0.15, 0.2) is 0 Å². The van der Waals surface area contributed by atoms with E-state index in [0.717, 1.165) is 0 Å². The second kappa shape index (κ2) is 7.55. The van der Waals surface area contributed by atoms with Crippen molar-refractivity contribution in [3.63, 3.8) is 0 Å². The van der Waals surface area contributed by atoms with Crippen LogP contribution in [0.3, 0.4) is 0 Å². The van der Waals surface area contributed by atoms with E-state index in [0.29, 0.717) is 24.9 Å². The number of aliphatic hydroxyl groups is 1. The van der Waals surface area contributed by atoms with Crippen molar-refractivity contribution in [2.24, 2.45) is 5.92 Å². The number of rotatable bonds is 6. The summed E-state index contributed by atoms with van der Waals surface area (Å²) in [6.07, 6.45) is -0.0545. The Kier molecular flexibility index (Phi) is 5.71. The molecule has 1 aliphatic rings. The first kappa shape index (κ1) is 17.4. The Morgan fingerprint density at radius 2 is 2.00 bits per heavy atom. The summed E-state index contributed by atoms with van der Waals surface area (Å²) in [5.41, 5.74) is 0.559. The molecule has 2 amide bonds. The molecule has 1 aliphatic heterocycles. The van der Waals surface area contributed by atoms with Crippen LogP contribution >= 0.6 is 0 Å². The van der Waals surface area contributed by atoms with Crippen molar-refractivity contribution in [2.75, 3.05) is 13.1 Å². The van der Waals surface area contributed by atoms with Gasteiger partial charge in [-0.1, -0.05) is 26.0 Å². The van der Waals surface area contributed by atoms with Crippen LogP contribution < -0.4 is 5.32 Å². The number of amides is 2. The largest absolute Gasteiger partial charge is 0.387 e. The predicted octanol–water partition coefficient (Wildman–Crippen LogP) is 1.62. The molecule has 0 bridgehead atoms. The molecule has 0 saturated carbocycles. The molecule has 2 atom stereocenters. The van der Waals surface area contributed by atoms with Gasteiger partial charge in [0, 0.05) is 13.0 Å². The van der Waals surface area contributed by atoms with Crippen molar-refractivity contribution in [3.8, 4) is 0 Å². The van der Waals surface area contributed by atoms with E-state index >= 15 is 0 Å². The lowest BCUT2D eigenvalue weighted by molar-refractivity contribution is -0.136. The number of carbonyl (C=O) groups excluding carboxylic acids is 2. The SMILES string of the molecule is CC(C)CN(C[C@H](O)c1ccc(F)cc1)C(=O)[C@@H]1CCC(=O)N1.